The van der Waals surface area contributed by atoms with E-state index in [0.717, 1.165) is 16.5 Å². The minimum Gasteiger partial charge on any atom is -0.494 e. The molecule has 0 unspecified atom stereocenters. The number of carbonyl (C=O) groups is 2. The summed E-state index contributed by atoms with van der Waals surface area (Å²) in [4.78, 5) is 33.4. The maximum atomic E-state index is 11.6. The van der Waals surface area contributed by atoms with Gasteiger partial charge in [0.15, 0.2) is 11.6 Å². The second-order valence-electron chi connectivity index (χ2n) is 6.42. The number of furan rings is 1. The summed E-state index contributed by atoms with van der Waals surface area (Å²) in [6.45, 7) is 3.20. The zero-order chi connectivity index (χ0) is 22.4. The molecule has 0 aliphatic heterocycles. The average Bonchev–Trinajstić information content (AvgIpc) is 3.29. The highest BCUT2D eigenvalue weighted by Gasteiger charge is 2.15. The first-order chi connectivity index (χ1) is 15.0. The molecule has 0 aliphatic carbocycles. The number of carboxylic acid groups (broad SMARTS) is 1. The molecule has 0 radical (unpaired) electrons. The van der Waals surface area contributed by atoms with Crippen molar-refractivity contribution in [2.75, 3.05) is 12.4 Å². The predicted molar refractivity (Wildman–Crippen MR) is 115 cm³/mol. The van der Waals surface area contributed by atoms with Gasteiger partial charge in [-0.05, 0) is 42.8 Å². The molecule has 2 N–H and O–H groups in total. The number of nitrogens with zero attached hydrogens (tertiary/aromatic N) is 3. The Morgan fingerprint density at radius 1 is 1.23 bits per heavy atom. The normalized spacial score (nSPS) is 10.2. The number of benzene rings is 1. The van der Waals surface area contributed by atoms with Crippen LogP contribution in [0.3, 0.4) is 0 Å². The third-order valence-electron chi connectivity index (χ3n) is 4.34. The SMILES string of the molecule is COc1ccc(NC(C)=O)c2c(C)cc(-c3cnc(-c4ccco4)nc3)nc12.O=CO. The van der Waals surface area contributed by atoms with Crippen LogP contribution < -0.4 is 10.1 Å². The number of aromatic nitrogens is 3. The Bertz CT molecular complexity index is 1210. The summed E-state index contributed by atoms with van der Waals surface area (Å²) in [5.41, 5.74) is 3.81. The molecule has 0 saturated carbocycles. The van der Waals surface area contributed by atoms with Crippen LogP contribution in [0.1, 0.15) is 12.5 Å². The molecule has 0 fully saturated rings. The van der Waals surface area contributed by atoms with E-state index in [4.69, 9.17) is 24.0 Å². The van der Waals surface area contributed by atoms with Crippen molar-refractivity contribution in [1.82, 2.24) is 15.0 Å². The highest BCUT2D eigenvalue weighted by Crippen LogP contribution is 2.35. The van der Waals surface area contributed by atoms with E-state index < -0.39 is 0 Å². The fourth-order valence-electron chi connectivity index (χ4n) is 3.11. The Hall–Kier alpha value is -4.27. The fourth-order valence-corrected chi connectivity index (χ4v) is 3.11. The number of aryl methyl sites for hydroxylation is 1. The van der Waals surface area contributed by atoms with Crippen LogP contribution >= 0.6 is 0 Å². The quantitative estimate of drug-likeness (QED) is 0.475. The summed E-state index contributed by atoms with van der Waals surface area (Å²) in [5, 5.41) is 10.6. The van der Waals surface area contributed by atoms with Crippen LogP contribution in [0.25, 0.3) is 33.7 Å². The number of pyridine rings is 1. The standard InChI is InChI=1S/C21H18N4O3.CH2O2/c1-12-9-16(14-10-22-21(23-11-14)18-5-4-8-28-18)25-20-17(27-3)7-6-15(19(12)20)24-13(2)26;2-1-3/h4-11H,1-3H3,(H,24,26);1H,(H,2,3). The highest BCUT2D eigenvalue weighted by atomic mass is 16.5. The van der Waals surface area contributed by atoms with Gasteiger partial charge in [-0.15, -0.1) is 0 Å². The molecule has 9 nitrogen and oxygen atoms in total. The summed E-state index contributed by atoms with van der Waals surface area (Å²) in [5.74, 6) is 1.60. The number of hydrogen-bond acceptors (Lipinski definition) is 7. The molecule has 4 aromatic rings. The van der Waals surface area contributed by atoms with E-state index in [-0.39, 0.29) is 12.4 Å². The third-order valence-corrected chi connectivity index (χ3v) is 4.34. The Morgan fingerprint density at radius 3 is 2.52 bits per heavy atom. The van der Waals surface area contributed by atoms with Gasteiger partial charge in [-0.3, -0.25) is 9.59 Å². The first kappa shape index (κ1) is 21.4. The van der Waals surface area contributed by atoms with Crippen LogP contribution in [0.4, 0.5) is 5.69 Å². The van der Waals surface area contributed by atoms with E-state index in [9.17, 15) is 4.79 Å². The van der Waals surface area contributed by atoms with Crippen LogP contribution in [0.5, 0.6) is 5.75 Å². The summed E-state index contributed by atoms with van der Waals surface area (Å²) in [6, 6.07) is 9.15. The van der Waals surface area contributed by atoms with E-state index in [2.05, 4.69) is 15.3 Å². The van der Waals surface area contributed by atoms with E-state index in [1.54, 1.807) is 37.9 Å². The number of nitrogens with one attached hydrogen (secondary N) is 1. The van der Waals surface area contributed by atoms with Crippen molar-refractivity contribution in [2.45, 2.75) is 13.8 Å². The molecule has 1 amide bonds. The molecule has 0 saturated heterocycles. The van der Waals surface area contributed by atoms with Crippen LogP contribution in [0.2, 0.25) is 0 Å². The van der Waals surface area contributed by atoms with Gasteiger partial charge in [0.25, 0.3) is 6.47 Å². The molecular weight excluding hydrogens is 400 g/mol. The Kier molecular flexibility index (Phi) is 6.56. The molecule has 158 valence electrons. The van der Waals surface area contributed by atoms with Crippen molar-refractivity contribution in [2.24, 2.45) is 0 Å². The van der Waals surface area contributed by atoms with Crippen molar-refractivity contribution in [3.05, 3.63) is 54.6 Å². The minimum absolute atomic E-state index is 0.142. The molecule has 3 heterocycles. The Balaban J connectivity index is 0.000000858. The smallest absolute Gasteiger partial charge is 0.290 e. The Morgan fingerprint density at radius 2 is 1.94 bits per heavy atom. The van der Waals surface area contributed by atoms with Gasteiger partial charge in [-0.25, -0.2) is 15.0 Å². The van der Waals surface area contributed by atoms with Gasteiger partial charge in [0, 0.05) is 30.3 Å². The third kappa shape index (κ3) is 4.67. The van der Waals surface area contributed by atoms with Gasteiger partial charge in [0.05, 0.1) is 24.8 Å². The number of methoxy groups -OCH3 is 1. The maximum Gasteiger partial charge on any atom is 0.290 e. The van der Waals surface area contributed by atoms with Crippen LogP contribution in [0.15, 0.2) is 53.4 Å². The van der Waals surface area contributed by atoms with Gasteiger partial charge >= 0.3 is 0 Å². The van der Waals surface area contributed by atoms with Gasteiger partial charge in [-0.2, -0.15) is 0 Å². The van der Waals surface area contributed by atoms with E-state index in [1.807, 2.05) is 25.1 Å². The van der Waals surface area contributed by atoms with Crippen LogP contribution in [-0.2, 0) is 9.59 Å². The zero-order valence-electron chi connectivity index (χ0n) is 17.1. The number of ether oxygens (including phenoxy) is 1. The predicted octanol–water partition coefficient (Wildman–Crippen LogP) is 3.93. The molecule has 0 bridgehead atoms. The van der Waals surface area contributed by atoms with Crippen molar-refractivity contribution in [3.8, 4) is 28.6 Å². The summed E-state index contributed by atoms with van der Waals surface area (Å²) in [7, 11) is 1.60. The summed E-state index contributed by atoms with van der Waals surface area (Å²) < 4.78 is 10.8. The zero-order valence-corrected chi connectivity index (χ0v) is 17.1. The van der Waals surface area contributed by atoms with Crippen molar-refractivity contribution in [1.29, 1.82) is 0 Å². The minimum atomic E-state index is -0.250. The molecule has 4 rings (SSSR count). The lowest BCUT2D eigenvalue weighted by molar-refractivity contribution is -0.123. The summed E-state index contributed by atoms with van der Waals surface area (Å²) in [6.07, 6.45) is 5.00. The first-order valence-corrected chi connectivity index (χ1v) is 9.18. The second kappa shape index (κ2) is 9.49. The molecule has 3 aromatic heterocycles. The molecule has 0 aliphatic rings. The van der Waals surface area contributed by atoms with Crippen molar-refractivity contribution < 1.29 is 23.8 Å². The number of rotatable bonds is 4. The largest absolute Gasteiger partial charge is 0.494 e. The van der Waals surface area contributed by atoms with E-state index in [0.29, 0.717) is 34.2 Å². The lowest BCUT2D eigenvalue weighted by atomic mass is 10.0. The van der Waals surface area contributed by atoms with E-state index in [1.165, 1.54) is 6.92 Å². The second-order valence-corrected chi connectivity index (χ2v) is 6.42. The van der Waals surface area contributed by atoms with Gasteiger partial charge < -0.3 is 19.6 Å². The summed E-state index contributed by atoms with van der Waals surface area (Å²) >= 11 is 0. The topological polar surface area (TPSA) is 127 Å². The molecule has 31 heavy (non-hydrogen) atoms. The number of amides is 1. The first-order valence-electron chi connectivity index (χ1n) is 9.18. The number of carbonyl (C=O) groups excluding carboxylic acids is 1. The van der Waals surface area contributed by atoms with E-state index >= 15 is 0 Å². The fraction of sp³-hybridized carbons (Fsp3) is 0.136. The van der Waals surface area contributed by atoms with Crippen LogP contribution in [0, 0.1) is 6.92 Å². The average molecular weight is 420 g/mol. The molecule has 1 aromatic carbocycles. The lowest BCUT2D eigenvalue weighted by Gasteiger charge is -2.14. The van der Waals surface area contributed by atoms with Crippen LogP contribution in [-0.4, -0.2) is 39.5 Å². The Labute approximate surface area is 177 Å². The highest BCUT2D eigenvalue weighted by molar-refractivity contribution is 6.04. The number of fused-ring (bicyclic) bond motifs is 1. The molecule has 9 heteroatoms. The van der Waals surface area contributed by atoms with Crippen molar-refractivity contribution >= 4 is 29.0 Å². The maximum absolute atomic E-state index is 11.6. The molecular formula is C22H20N4O5. The van der Waals surface area contributed by atoms with Crippen molar-refractivity contribution in [3.63, 3.8) is 0 Å². The number of anilines is 1. The van der Waals surface area contributed by atoms with Gasteiger partial charge in [0.1, 0.15) is 11.3 Å². The molecule has 0 spiro atoms. The molecule has 0 atom stereocenters. The van der Waals surface area contributed by atoms with Gasteiger partial charge in [0.2, 0.25) is 5.91 Å². The lowest BCUT2D eigenvalue weighted by Crippen LogP contribution is -2.07. The monoisotopic (exact) mass is 420 g/mol. The van der Waals surface area contributed by atoms with Gasteiger partial charge in [-0.1, -0.05) is 0 Å². The number of hydrogen-bond donors (Lipinski definition) is 2.